The molecule has 3 aromatic rings. The lowest BCUT2D eigenvalue weighted by atomic mass is 9.94. The van der Waals surface area contributed by atoms with Crippen LogP contribution in [0.2, 0.25) is 5.02 Å². The summed E-state index contributed by atoms with van der Waals surface area (Å²) in [5.41, 5.74) is 1.31. The van der Waals surface area contributed by atoms with Gasteiger partial charge in [-0.1, -0.05) is 32.4 Å². The lowest BCUT2D eigenvalue weighted by molar-refractivity contribution is 0.0752. The first-order valence-corrected chi connectivity index (χ1v) is 12.0. The highest BCUT2D eigenvalue weighted by Crippen LogP contribution is 2.24. The molecule has 1 aliphatic heterocycles. The molecule has 0 saturated carbocycles. The minimum Gasteiger partial charge on any atom is -0.471 e. The van der Waals surface area contributed by atoms with E-state index in [4.69, 9.17) is 20.8 Å². The van der Waals surface area contributed by atoms with Crippen molar-refractivity contribution in [1.29, 1.82) is 0 Å². The number of carbonyl (C=O) groups is 1. The fourth-order valence-corrected chi connectivity index (χ4v) is 3.93. The van der Waals surface area contributed by atoms with E-state index in [2.05, 4.69) is 35.8 Å². The molecular weight excluding hydrogens is 454 g/mol. The zero-order valence-corrected chi connectivity index (χ0v) is 21.0. The number of rotatable bonds is 6. The van der Waals surface area contributed by atoms with Crippen molar-refractivity contribution in [2.24, 2.45) is 0 Å². The van der Waals surface area contributed by atoms with Crippen LogP contribution in [-0.2, 0) is 18.7 Å². The van der Waals surface area contributed by atoms with Crippen LogP contribution in [0.1, 0.15) is 54.9 Å². The lowest BCUT2D eigenvalue weighted by Gasteiger charge is -2.20. The third-order valence-corrected chi connectivity index (χ3v) is 6.30. The van der Waals surface area contributed by atoms with E-state index >= 15 is 0 Å². The Morgan fingerprint density at radius 2 is 2.00 bits per heavy atom. The fourth-order valence-electron chi connectivity index (χ4n) is 3.81. The van der Waals surface area contributed by atoms with Crippen molar-refractivity contribution in [2.45, 2.75) is 52.8 Å². The summed E-state index contributed by atoms with van der Waals surface area (Å²) >= 11 is 6.06. The van der Waals surface area contributed by atoms with Crippen LogP contribution in [0.15, 0.2) is 41.1 Å². The molecule has 2 aromatic heterocycles. The number of nitrogens with zero attached hydrogens (tertiary/aromatic N) is 5. The second kappa shape index (κ2) is 10.2. The highest BCUT2D eigenvalue weighted by molar-refractivity contribution is 6.31. The summed E-state index contributed by atoms with van der Waals surface area (Å²) in [5, 5.41) is 5.12. The smallest absolute Gasteiger partial charge is 0.274 e. The quantitative estimate of drug-likeness (QED) is 0.511. The second-order valence-electron chi connectivity index (χ2n) is 9.72. The number of aromatic nitrogens is 3. The van der Waals surface area contributed by atoms with Gasteiger partial charge in [0.25, 0.3) is 5.91 Å². The van der Waals surface area contributed by atoms with Crippen molar-refractivity contribution in [3.8, 4) is 5.75 Å². The monoisotopic (exact) mass is 485 g/mol. The van der Waals surface area contributed by atoms with Crippen molar-refractivity contribution in [2.75, 3.05) is 26.2 Å². The van der Waals surface area contributed by atoms with Crippen LogP contribution in [0.25, 0.3) is 0 Å². The molecule has 0 unspecified atom stereocenters. The van der Waals surface area contributed by atoms with Gasteiger partial charge in [0.05, 0.1) is 12.7 Å². The van der Waals surface area contributed by atoms with E-state index < -0.39 is 0 Å². The first-order chi connectivity index (χ1) is 16.2. The average molecular weight is 486 g/mol. The van der Waals surface area contributed by atoms with E-state index in [0.717, 1.165) is 36.7 Å². The Morgan fingerprint density at radius 3 is 2.74 bits per heavy atom. The molecule has 1 aliphatic rings. The molecule has 0 atom stereocenters. The molecule has 0 N–H and O–H groups in total. The highest BCUT2D eigenvalue weighted by Gasteiger charge is 2.24. The van der Waals surface area contributed by atoms with Crippen LogP contribution in [0.5, 0.6) is 5.75 Å². The van der Waals surface area contributed by atoms with E-state index in [1.54, 1.807) is 23.0 Å². The molecule has 34 heavy (non-hydrogen) atoms. The second-order valence-corrected chi connectivity index (χ2v) is 10.1. The van der Waals surface area contributed by atoms with Gasteiger partial charge in [-0.3, -0.25) is 9.69 Å². The molecule has 1 aromatic carbocycles. The van der Waals surface area contributed by atoms with Crippen LogP contribution >= 0.6 is 11.6 Å². The first kappa shape index (κ1) is 24.3. The number of carbonyl (C=O) groups excluding carboxylic acids is 1. The average Bonchev–Trinajstić information content (AvgIpc) is 3.40. The number of hydrogen-bond donors (Lipinski definition) is 0. The zero-order chi connectivity index (χ0) is 24.3. The molecule has 182 valence electrons. The van der Waals surface area contributed by atoms with Crippen LogP contribution in [0, 0.1) is 6.92 Å². The number of benzene rings is 1. The summed E-state index contributed by atoms with van der Waals surface area (Å²) in [6.45, 7) is 12.1. The normalized spacial score (nSPS) is 15.4. The molecule has 0 spiro atoms. The van der Waals surface area contributed by atoms with Crippen LogP contribution in [0.4, 0.5) is 0 Å². The van der Waals surface area contributed by atoms with Gasteiger partial charge in [0.1, 0.15) is 11.5 Å². The molecule has 3 heterocycles. The minimum atomic E-state index is -0.0610. The van der Waals surface area contributed by atoms with Crippen molar-refractivity contribution >= 4 is 17.5 Å². The fraction of sp³-hybridized carbons (Fsp3) is 0.480. The van der Waals surface area contributed by atoms with Crippen LogP contribution < -0.4 is 4.74 Å². The summed E-state index contributed by atoms with van der Waals surface area (Å²) < 4.78 is 13.3. The predicted molar refractivity (Wildman–Crippen MR) is 130 cm³/mol. The van der Waals surface area contributed by atoms with Gasteiger partial charge in [-0.2, -0.15) is 5.10 Å². The van der Waals surface area contributed by atoms with Crippen molar-refractivity contribution in [1.82, 2.24) is 24.6 Å². The van der Waals surface area contributed by atoms with Crippen molar-refractivity contribution < 1.29 is 13.9 Å². The van der Waals surface area contributed by atoms with Gasteiger partial charge in [-0.05, 0) is 43.2 Å². The van der Waals surface area contributed by atoms with Gasteiger partial charge in [0, 0.05) is 42.8 Å². The molecule has 9 heteroatoms. The Kier molecular flexibility index (Phi) is 7.28. The molecule has 0 bridgehead atoms. The molecule has 0 aliphatic carbocycles. The van der Waals surface area contributed by atoms with Crippen molar-refractivity contribution in [3.05, 3.63) is 64.6 Å². The first-order valence-electron chi connectivity index (χ1n) is 11.6. The number of ether oxygens (including phenoxy) is 1. The van der Waals surface area contributed by atoms with Gasteiger partial charge < -0.3 is 14.1 Å². The van der Waals surface area contributed by atoms with Crippen molar-refractivity contribution in [3.63, 3.8) is 0 Å². The van der Waals surface area contributed by atoms with Gasteiger partial charge in [-0.15, -0.1) is 0 Å². The van der Waals surface area contributed by atoms with Gasteiger partial charge in [0.2, 0.25) is 5.89 Å². The van der Waals surface area contributed by atoms with Crippen LogP contribution in [-0.4, -0.2) is 56.7 Å². The summed E-state index contributed by atoms with van der Waals surface area (Å²) in [5.74, 6) is 2.26. The molecule has 4 rings (SSSR count). The molecule has 8 nitrogen and oxygen atoms in total. The maximum Gasteiger partial charge on any atom is 0.274 e. The molecule has 0 radical (unpaired) electrons. The Balaban J connectivity index is 1.30. The third-order valence-electron chi connectivity index (χ3n) is 5.88. The van der Waals surface area contributed by atoms with E-state index in [-0.39, 0.29) is 18.1 Å². The number of amides is 1. The standard InChI is InChI=1S/C25H32ClN5O3/c1-18-14-19(6-7-20(18)26)33-17-31-11-8-21(28-31)24(32)30-10-5-9-29(12-13-30)16-23-27-15-22(34-23)25(2,3)4/h6-8,11,14-15H,5,9-10,12-13,16-17H2,1-4H3. The Morgan fingerprint density at radius 1 is 1.18 bits per heavy atom. The molecule has 1 saturated heterocycles. The molecular formula is C25H32ClN5O3. The van der Waals surface area contributed by atoms with Gasteiger partial charge in [0.15, 0.2) is 12.4 Å². The number of halogens is 1. The predicted octanol–water partition coefficient (Wildman–Crippen LogP) is 4.52. The number of hydrogen-bond acceptors (Lipinski definition) is 6. The van der Waals surface area contributed by atoms with E-state index in [9.17, 15) is 4.79 Å². The van der Waals surface area contributed by atoms with E-state index in [1.807, 2.05) is 30.2 Å². The summed E-state index contributed by atoms with van der Waals surface area (Å²) in [4.78, 5) is 21.6. The zero-order valence-electron chi connectivity index (χ0n) is 20.3. The number of oxazole rings is 1. The lowest BCUT2D eigenvalue weighted by Crippen LogP contribution is -2.35. The highest BCUT2D eigenvalue weighted by atomic mass is 35.5. The topological polar surface area (TPSA) is 76.6 Å². The molecule has 1 fully saturated rings. The summed E-state index contributed by atoms with van der Waals surface area (Å²) in [6.07, 6.45) is 4.46. The number of aryl methyl sites for hydroxylation is 1. The summed E-state index contributed by atoms with van der Waals surface area (Å²) in [7, 11) is 0. The summed E-state index contributed by atoms with van der Waals surface area (Å²) in [6, 6.07) is 7.24. The largest absolute Gasteiger partial charge is 0.471 e. The Bertz CT molecular complexity index is 1130. The third kappa shape index (κ3) is 5.98. The molecule has 1 amide bonds. The Labute approximate surface area is 205 Å². The van der Waals surface area contributed by atoms with Gasteiger partial charge >= 0.3 is 0 Å². The van der Waals surface area contributed by atoms with E-state index in [1.165, 1.54) is 0 Å². The van der Waals surface area contributed by atoms with Gasteiger partial charge in [-0.25, -0.2) is 9.67 Å². The Hall–Kier alpha value is -2.84. The van der Waals surface area contributed by atoms with E-state index in [0.29, 0.717) is 36.1 Å². The van der Waals surface area contributed by atoms with Crippen LogP contribution in [0.3, 0.4) is 0 Å². The maximum absolute atomic E-state index is 13.0. The maximum atomic E-state index is 13.0. The SMILES string of the molecule is Cc1cc(OCn2ccc(C(=O)N3CCCN(Cc4ncc(C(C)(C)C)o4)CC3)n2)ccc1Cl. The minimum absolute atomic E-state index is 0.0601.